The van der Waals surface area contributed by atoms with Crippen LogP contribution in [0.1, 0.15) is 33.7 Å². The fraction of sp³-hybridized carbons (Fsp3) is 0.292. The first-order chi connectivity index (χ1) is 15.2. The van der Waals surface area contributed by atoms with E-state index in [0.717, 1.165) is 28.3 Å². The maximum atomic E-state index is 12.8. The molecule has 0 saturated heterocycles. The summed E-state index contributed by atoms with van der Waals surface area (Å²) in [6, 6.07) is 12.6. The molecule has 0 aliphatic rings. The second kappa shape index (κ2) is 9.87. The Bertz CT molecular complexity index is 1140. The van der Waals surface area contributed by atoms with Crippen LogP contribution in [-0.2, 0) is 16.0 Å². The lowest BCUT2D eigenvalue weighted by Crippen LogP contribution is -2.16. The summed E-state index contributed by atoms with van der Waals surface area (Å²) in [4.78, 5) is 26.2. The highest BCUT2D eigenvalue weighted by Crippen LogP contribution is 2.28. The summed E-state index contributed by atoms with van der Waals surface area (Å²) in [5.74, 6) is -0.474. The summed E-state index contributed by atoms with van der Waals surface area (Å²) < 4.78 is 6.56. The molecule has 0 spiro atoms. The lowest BCUT2D eigenvalue weighted by molar-refractivity contribution is -0.140. The maximum Gasteiger partial charge on any atom is 0.305 e. The number of hydrogen-bond donors (Lipinski definition) is 1. The molecule has 2 aromatic carbocycles. The third kappa shape index (κ3) is 5.11. The third-order valence-electron chi connectivity index (χ3n) is 5.31. The number of hydrogen-bond acceptors (Lipinski definition) is 5. The first-order valence-electron chi connectivity index (χ1n) is 10.2. The number of ether oxygens (including phenoxy) is 1. The average Bonchev–Trinajstić information content (AvgIpc) is 3.05. The summed E-state index contributed by atoms with van der Waals surface area (Å²) in [7, 11) is 5.19. The quantitative estimate of drug-likeness (QED) is 0.529. The van der Waals surface area contributed by atoms with Crippen LogP contribution in [0.3, 0.4) is 0 Å². The van der Waals surface area contributed by atoms with Crippen molar-refractivity contribution < 1.29 is 14.3 Å². The zero-order valence-electron chi connectivity index (χ0n) is 18.9. The van der Waals surface area contributed by atoms with E-state index in [-0.39, 0.29) is 11.9 Å². The van der Waals surface area contributed by atoms with Gasteiger partial charge in [0.05, 0.1) is 29.9 Å². The van der Waals surface area contributed by atoms with Crippen molar-refractivity contribution in [1.82, 2.24) is 9.78 Å². The van der Waals surface area contributed by atoms with E-state index in [2.05, 4.69) is 10.4 Å². The van der Waals surface area contributed by atoms with Crippen LogP contribution in [0, 0.1) is 13.8 Å². The number of esters is 1. The standard InChI is InChI=1S/C24H27ClN4O3/c1-15-20(11-13-23(30)32-5)16(2)29(27-15)19-9-6-17(7-10-19)24(31)26-21-14-18(25)8-12-22(21)28(3)4/h6-10,12,14H,11,13H2,1-5H3,(H,26,31). The number of aryl methyl sites for hydroxylation is 1. The van der Waals surface area contributed by atoms with Crippen LogP contribution in [0.15, 0.2) is 42.5 Å². The number of nitrogens with one attached hydrogen (secondary N) is 1. The van der Waals surface area contributed by atoms with E-state index < -0.39 is 0 Å². The highest BCUT2D eigenvalue weighted by Gasteiger charge is 2.16. The summed E-state index contributed by atoms with van der Waals surface area (Å²) in [5.41, 5.74) is 5.71. The highest BCUT2D eigenvalue weighted by molar-refractivity contribution is 6.31. The topological polar surface area (TPSA) is 76.5 Å². The molecule has 0 bridgehead atoms. The predicted octanol–water partition coefficient (Wildman–Crippen LogP) is 4.57. The molecule has 3 rings (SSSR count). The Balaban J connectivity index is 1.79. The maximum absolute atomic E-state index is 12.8. The van der Waals surface area contributed by atoms with Gasteiger partial charge in [-0.3, -0.25) is 9.59 Å². The van der Waals surface area contributed by atoms with Crippen LogP contribution in [0.4, 0.5) is 11.4 Å². The van der Waals surface area contributed by atoms with Crippen molar-refractivity contribution in [3.8, 4) is 5.69 Å². The lowest BCUT2D eigenvalue weighted by Gasteiger charge is -2.18. The minimum absolute atomic E-state index is 0.228. The van der Waals surface area contributed by atoms with Crippen LogP contribution in [-0.4, -0.2) is 42.9 Å². The summed E-state index contributed by atoms with van der Waals surface area (Å²) in [5, 5.41) is 8.10. The van der Waals surface area contributed by atoms with Crippen molar-refractivity contribution in [3.63, 3.8) is 0 Å². The second-order valence-electron chi connectivity index (χ2n) is 7.69. The molecule has 0 radical (unpaired) electrons. The molecule has 1 N–H and O–H groups in total. The average molecular weight is 455 g/mol. The van der Waals surface area contributed by atoms with E-state index in [0.29, 0.717) is 29.1 Å². The van der Waals surface area contributed by atoms with Gasteiger partial charge in [0.1, 0.15) is 0 Å². The largest absolute Gasteiger partial charge is 0.469 e. The van der Waals surface area contributed by atoms with Gasteiger partial charge in [0.2, 0.25) is 0 Å². The summed E-state index contributed by atoms with van der Waals surface area (Å²) in [6.45, 7) is 3.89. The third-order valence-corrected chi connectivity index (χ3v) is 5.55. The van der Waals surface area contributed by atoms with E-state index in [9.17, 15) is 9.59 Å². The number of carbonyl (C=O) groups excluding carboxylic acids is 2. The zero-order valence-corrected chi connectivity index (χ0v) is 19.7. The van der Waals surface area contributed by atoms with Crippen LogP contribution in [0.2, 0.25) is 5.02 Å². The van der Waals surface area contributed by atoms with Gasteiger partial charge in [-0.1, -0.05) is 11.6 Å². The molecule has 1 aromatic heterocycles. The highest BCUT2D eigenvalue weighted by atomic mass is 35.5. The Morgan fingerprint density at radius 2 is 1.81 bits per heavy atom. The second-order valence-corrected chi connectivity index (χ2v) is 8.13. The van der Waals surface area contributed by atoms with Gasteiger partial charge in [0, 0.05) is 36.8 Å². The number of amides is 1. The van der Waals surface area contributed by atoms with Gasteiger partial charge in [-0.25, -0.2) is 4.68 Å². The van der Waals surface area contributed by atoms with Gasteiger partial charge in [0.15, 0.2) is 0 Å². The Morgan fingerprint density at radius 3 is 2.44 bits per heavy atom. The molecular weight excluding hydrogens is 428 g/mol. The van der Waals surface area contributed by atoms with Gasteiger partial charge in [-0.2, -0.15) is 5.10 Å². The molecule has 0 unspecified atom stereocenters. The zero-order chi connectivity index (χ0) is 23.4. The molecule has 8 heteroatoms. The van der Waals surface area contributed by atoms with Crippen LogP contribution < -0.4 is 10.2 Å². The molecule has 168 valence electrons. The monoisotopic (exact) mass is 454 g/mol. The molecule has 1 amide bonds. The Morgan fingerprint density at radius 1 is 1.12 bits per heavy atom. The van der Waals surface area contributed by atoms with Crippen molar-refractivity contribution in [2.45, 2.75) is 26.7 Å². The number of benzene rings is 2. The van der Waals surface area contributed by atoms with E-state index in [1.807, 2.05) is 55.7 Å². The van der Waals surface area contributed by atoms with Crippen molar-refractivity contribution in [2.75, 3.05) is 31.4 Å². The molecule has 3 aromatic rings. The minimum Gasteiger partial charge on any atom is -0.469 e. The number of aromatic nitrogens is 2. The first-order valence-corrected chi connectivity index (χ1v) is 10.6. The summed E-state index contributed by atoms with van der Waals surface area (Å²) in [6.07, 6.45) is 0.875. The van der Waals surface area contributed by atoms with E-state index in [1.54, 1.807) is 24.3 Å². The normalized spacial score (nSPS) is 10.7. The molecular formula is C24H27ClN4O3. The van der Waals surface area contributed by atoms with Gasteiger partial charge in [-0.05, 0) is 68.3 Å². The number of anilines is 2. The predicted molar refractivity (Wildman–Crippen MR) is 127 cm³/mol. The molecule has 0 aliphatic carbocycles. The number of methoxy groups -OCH3 is 1. The molecule has 0 atom stereocenters. The fourth-order valence-corrected chi connectivity index (χ4v) is 3.74. The Hall–Kier alpha value is -3.32. The number of rotatable bonds is 7. The first kappa shape index (κ1) is 23.3. The summed E-state index contributed by atoms with van der Waals surface area (Å²) >= 11 is 6.11. The number of carbonyl (C=O) groups is 2. The lowest BCUT2D eigenvalue weighted by atomic mass is 10.1. The molecule has 32 heavy (non-hydrogen) atoms. The van der Waals surface area contributed by atoms with Crippen molar-refractivity contribution in [3.05, 3.63) is 70.0 Å². The van der Waals surface area contributed by atoms with Gasteiger partial charge >= 0.3 is 5.97 Å². The van der Waals surface area contributed by atoms with Crippen LogP contribution in [0.25, 0.3) is 5.69 Å². The fourth-order valence-electron chi connectivity index (χ4n) is 3.56. The smallest absolute Gasteiger partial charge is 0.305 e. The Kier molecular flexibility index (Phi) is 7.20. The number of nitrogens with zero attached hydrogens (tertiary/aromatic N) is 3. The molecule has 0 aliphatic heterocycles. The van der Waals surface area contributed by atoms with E-state index >= 15 is 0 Å². The SMILES string of the molecule is COC(=O)CCc1c(C)nn(-c2ccc(C(=O)Nc3cc(Cl)ccc3N(C)C)cc2)c1C. The van der Waals surface area contributed by atoms with Crippen molar-refractivity contribution in [1.29, 1.82) is 0 Å². The van der Waals surface area contributed by atoms with Crippen LogP contribution in [0.5, 0.6) is 0 Å². The van der Waals surface area contributed by atoms with Gasteiger partial charge < -0.3 is 15.0 Å². The molecule has 0 fully saturated rings. The van der Waals surface area contributed by atoms with Gasteiger partial charge in [0.25, 0.3) is 5.91 Å². The molecule has 1 heterocycles. The van der Waals surface area contributed by atoms with Crippen LogP contribution >= 0.6 is 11.6 Å². The van der Waals surface area contributed by atoms with Gasteiger partial charge in [-0.15, -0.1) is 0 Å². The van der Waals surface area contributed by atoms with E-state index in [1.165, 1.54) is 7.11 Å². The van der Waals surface area contributed by atoms with Crippen molar-refractivity contribution in [2.24, 2.45) is 0 Å². The van der Waals surface area contributed by atoms with E-state index in [4.69, 9.17) is 16.3 Å². The minimum atomic E-state index is -0.246. The Labute approximate surface area is 192 Å². The van der Waals surface area contributed by atoms with Crippen molar-refractivity contribution >= 4 is 34.9 Å². The number of halogens is 1. The molecule has 0 saturated carbocycles. The molecule has 7 nitrogen and oxygen atoms in total.